The molecule has 0 saturated heterocycles. The maximum atomic E-state index is 12.5. The van der Waals surface area contributed by atoms with Crippen LogP contribution in [0.1, 0.15) is 18.1 Å². The highest BCUT2D eigenvalue weighted by atomic mass is 127. The minimum atomic E-state index is -2.85. The number of aromatic nitrogens is 2. The van der Waals surface area contributed by atoms with E-state index in [2.05, 4.69) is 25.5 Å². The molecule has 1 aromatic heterocycles. The van der Waals surface area contributed by atoms with Crippen LogP contribution in [0.15, 0.2) is 41.7 Å². The van der Waals surface area contributed by atoms with E-state index in [-0.39, 0.29) is 36.3 Å². The number of halogens is 3. The Morgan fingerprint density at radius 3 is 2.73 bits per heavy atom. The lowest BCUT2D eigenvalue weighted by Gasteiger charge is -2.12. The van der Waals surface area contributed by atoms with Gasteiger partial charge in [-0.05, 0) is 25.0 Å². The van der Waals surface area contributed by atoms with Crippen molar-refractivity contribution in [3.05, 3.63) is 47.8 Å². The number of benzene rings is 1. The summed E-state index contributed by atoms with van der Waals surface area (Å²) >= 11 is 0. The average Bonchev–Trinajstić information content (AvgIpc) is 2.98. The Morgan fingerprint density at radius 2 is 2.08 bits per heavy atom. The summed E-state index contributed by atoms with van der Waals surface area (Å²) in [5, 5.41) is 10.5. The van der Waals surface area contributed by atoms with Crippen LogP contribution >= 0.6 is 24.0 Å². The number of guanidine groups is 1. The first-order valence-electron chi connectivity index (χ1n) is 8.11. The van der Waals surface area contributed by atoms with Gasteiger partial charge in [-0.15, -0.1) is 24.0 Å². The number of aryl methyl sites for hydroxylation is 1. The number of alkyl halides is 2. The molecule has 0 radical (unpaired) electrons. The Bertz CT molecular complexity index is 693. The molecule has 0 aliphatic rings. The molecule has 1 heterocycles. The summed E-state index contributed by atoms with van der Waals surface area (Å²) in [6, 6.07) is 6.66. The van der Waals surface area contributed by atoms with Crippen LogP contribution in [0.4, 0.5) is 8.78 Å². The molecule has 26 heavy (non-hydrogen) atoms. The van der Waals surface area contributed by atoms with E-state index in [1.807, 2.05) is 26.4 Å². The monoisotopic (exact) mass is 479 g/mol. The van der Waals surface area contributed by atoms with E-state index in [1.165, 1.54) is 6.07 Å². The molecule has 0 saturated carbocycles. The van der Waals surface area contributed by atoms with Gasteiger partial charge in [-0.2, -0.15) is 13.9 Å². The van der Waals surface area contributed by atoms with Gasteiger partial charge in [0.05, 0.1) is 12.7 Å². The van der Waals surface area contributed by atoms with Gasteiger partial charge in [-0.25, -0.2) is 4.99 Å². The second-order valence-electron chi connectivity index (χ2n) is 5.38. The Balaban J connectivity index is 0.00000338. The van der Waals surface area contributed by atoms with Crippen molar-refractivity contribution in [1.82, 2.24) is 20.4 Å². The largest absolute Gasteiger partial charge is 0.434 e. The van der Waals surface area contributed by atoms with Crippen LogP contribution in [0.3, 0.4) is 0 Å². The van der Waals surface area contributed by atoms with Crippen LogP contribution in [-0.4, -0.2) is 35.4 Å². The van der Waals surface area contributed by atoms with Gasteiger partial charge < -0.3 is 15.4 Å². The third kappa shape index (κ3) is 7.54. The smallest absolute Gasteiger partial charge is 0.387 e. The molecule has 2 N–H and O–H groups in total. The maximum Gasteiger partial charge on any atom is 0.387 e. The number of aliphatic imine (C=N–C) groups is 1. The summed E-state index contributed by atoms with van der Waals surface area (Å²) in [4.78, 5) is 4.44. The molecule has 0 bridgehead atoms. The van der Waals surface area contributed by atoms with Gasteiger partial charge in [0.1, 0.15) is 5.75 Å². The molecule has 0 atom stereocenters. The van der Waals surface area contributed by atoms with E-state index in [4.69, 9.17) is 0 Å². The lowest BCUT2D eigenvalue weighted by atomic mass is 10.2. The summed E-state index contributed by atoms with van der Waals surface area (Å²) in [5.74, 6) is 0.769. The quantitative estimate of drug-likeness (QED) is 0.347. The molecule has 2 rings (SSSR count). The maximum absolute atomic E-state index is 12.5. The third-order valence-electron chi connectivity index (χ3n) is 3.40. The zero-order valence-corrected chi connectivity index (χ0v) is 17.1. The van der Waals surface area contributed by atoms with Gasteiger partial charge in [-0.3, -0.25) is 4.68 Å². The van der Waals surface area contributed by atoms with Crippen molar-refractivity contribution in [3.8, 4) is 5.75 Å². The van der Waals surface area contributed by atoms with Crippen LogP contribution in [0.5, 0.6) is 5.75 Å². The van der Waals surface area contributed by atoms with E-state index in [0.717, 1.165) is 12.0 Å². The van der Waals surface area contributed by atoms with E-state index in [0.29, 0.717) is 24.6 Å². The van der Waals surface area contributed by atoms with Crippen molar-refractivity contribution in [3.63, 3.8) is 0 Å². The number of hydrogen-bond donors (Lipinski definition) is 2. The molecule has 9 heteroatoms. The molecule has 6 nitrogen and oxygen atoms in total. The number of nitrogens with zero attached hydrogens (tertiary/aromatic N) is 3. The standard InChI is InChI=1S/C17H23F2N5O.HI/c1-3-20-17(21-9-8-13-10-23-24(2)12-13)22-11-14-6-4-5-7-15(14)25-16(18)19;/h4-7,10,12,16H,3,8-9,11H2,1-2H3,(H2,20,21,22);1H. The molecule has 0 aliphatic heterocycles. The molecule has 1 aromatic carbocycles. The highest BCUT2D eigenvalue weighted by Crippen LogP contribution is 2.20. The summed E-state index contributed by atoms with van der Waals surface area (Å²) in [7, 11) is 1.88. The minimum absolute atomic E-state index is 0. The fourth-order valence-electron chi connectivity index (χ4n) is 2.28. The zero-order chi connectivity index (χ0) is 18.1. The highest BCUT2D eigenvalue weighted by molar-refractivity contribution is 14.0. The molecule has 0 spiro atoms. The first-order valence-corrected chi connectivity index (χ1v) is 8.11. The fourth-order valence-corrected chi connectivity index (χ4v) is 2.28. The van der Waals surface area contributed by atoms with Crippen LogP contribution in [-0.2, 0) is 20.0 Å². The summed E-state index contributed by atoms with van der Waals surface area (Å²) in [6.07, 6.45) is 4.59. The second-order valence-corrected chi connectivity index (χ2v) is 5.38. The predicted molar refractivity (Wildman–Crippen MR) is 108 cm³/mol. The van der Waals surface area contributed by atoms with Crippen molar-refractivity contribution in [2.75, 3.05) is 13.1 Å². The Hall–Kier alpha value is -1.91. The van der Waals surface area contributed by atoms with Crippen LogP contribution < -0.4 is 15.4 Å². The number of ether oxygens (including phenoxy) is 1. The Labute approximate surface area is 169 Å². The first-order chi connectivity index (χ1) is 12.1. The lowest BCUT2D eigenvalue weighted by molar-refractivity contribution is -0.0504. The van der Waals surface area contributed by atoms with Crippen molar-refractivity contribution < 1.29 is 13.5 Å². The van der Waals surface area contributed by atoms with Gasteiger partial charge >= 0.3 is 6.61 Å². The molecule has 0 aliphatic carbocycles. The topological polar surface area (TPSA) is 63.5 Å². The zero-order valence-electron chi connectivity index (χ0n) is 14.8. The van der Waals surface area contributed by atoms with Crippen LogP contribution in [0, 0.1) is 0 Å². The van der Waals surface area contributed by atoms with Crippen molar-refractivity contribution in [1.29, 1.82) is 0 Å². The van der Waals surface area contributed by atoms with Gasteiger partial charge in [0.25, 0.3) is 0 Å². The molecular weight excluding hydrogens is 455 g/mol. The number of para-hydroxylation sites is 1. The van der Waals surface area contributed by atoms with Gasteiger partial charge in [0, 0.05) is 31.9 Å². The molecule has 0 amide bonds. The molecular formula is C17H24F2IN5O. The van der Waals surface area contributed by atoms with Gasteiger partial charge in [0.15, 0.2) is 5.96 Å². The molecule has 0 fully saturated rings. The average molecular weight is 479 g/mol. The first kappa shape index (κ1) is 22.1. The highest BCUT2D eigenvalue weighted by Gasteiger charge is 2.09. The number of rotatable bonds is 8. The predicted octanol–water partition coefficient (Wildman–Crippen LogP) is 2.94. The van der Waals surface area contributed by atoms with Crippen LogP contribution in [0.25, 0.3) is 0 Å². The lowest BCUT2D eigenvalue weighted by Crippen LogP contribution is -2.38. The molecule has 0 unspecified atom stereocenters. The normalized spacial score (nSPS) is 11.2. The van der Waals surface area contributed by atoms with E-state index >= 15 is 0 Å². The SMILES string of the molecule is CCNC(=NCc1ccccc1OC(F)F)NCCc1cnn(C)c1.I. The van der Waals surface area contributed by atoms with E-state index in [9.17, 15) is 8.78 Å². The van der Waals surface area contributed by atoms with Gasteiger partial charge in [0.2, 0.25) is 0 Å². The Morgan fingerprint density at radius 1 is 1.31 bits per heavy atom. The summed E-state index contributed by atoms with van der Waals surface area (Å²) < 4.78 is 31.2. The molecule has 144 valence electrons. The van der Waals surface area contributed by atoms with Crippen molar-refractivity contribution >= 4 is 29.9 Å². The Kier molecular flexibility index (Phi) is 9.92. The van der Waals surface area contributed by atoms with E-state index in [1.54, 1.807) is 22.9 Å². The second kappa shape index (κ2) is 11.7. The number of nitrogens with one attached hydrogen (secondary N) is 2. The summed E-state index contributed by atoms with van der Waals surface area (Å²) in [6.45, 7) is 0.744. The third-order valence-corrected chi connectivity index (χ3v) is 3.40. The minimum Gasteiger partial charge on any atom is -0.434 e. The van der Waals surface area contributed by atoms with Crippen molar-refractivity contribution in [2.24, 2.45) is 12.0 Å². The summed E-state index contributed by atoms with van der Waals surface area (Å²) in [5.41, 5.74) is 1.73. The fraction of sp³-hybridized carbons (Fsp3) is 0.412. The van der Waals surface area contributed by atoms with E-state index < -0.39 is 6.61 Å². The number of hydrogen-bond acceptors (Lipinski definition) is 3. The molecule has 2 aromatic rings. The van der Waals surface area contributed by atoms with Gasteiger partial charge in [-0.1, -0.05) is 18.2 Å². The van der Waals surface area contributed by atoms with Crippen molar-refractivity contribution in [2.45, 2.75) is 26.5 Å². The van der Waals surface area contributed by atoms with Crippen LogP contribution in [0.2, 0.25) is 0 Å².